The Morgan fingerprint density at radius 1 is 1.05 bits per heavy atom. The summed E-state index contributed by atoms with van der Waals surface area (Å²) in [5, 5.41) is 13.4. The molecule has 0 saturated heterocycles. The van der Waals surface area contributed by atoms with Gasteiger partial charge in [-0.1, -0.05) is 18.2 Å². The maximum atomic E-state index is 10.0. The lowest BCUT2D eigenvalue weighted by Crippen LogP contribution is -2.08. The highest BCUT2D eigenvalue weighted by atomic mass is 16.5. The number of aryl methyl sites for hydroxylation is 2. The zero-order chi connectivity index (χ0) is 14.7. The van der Waals surface area contributed by atoms with Crippen molar-refractivity contribution in [2.24, 2.45) is 0 Å². The molecule has 0 aromatic heterocycles. The number of ether oxygens (including phenoxy) is 1. The first-order chi connectivity index (χ1) is 9.51. The largest absolute Gasteiger partial charge is 0.508 e. The van der Waals surface area contributed by atoms with E-state index in [2.05, 4.69) is 5.32 Å². The van der Waals surface area contributed by atoms with Gasteiger partial charge in [0.15, 0.2) is 0 Å². The number of anilines is 1. The molecule has 0 spiro atoms. The maximum absolute atomic E-state index is 10.0. The summed E-state index contributed by atoms with van der Waals surface area (Å²) in [7, 11) is 1.66. The van der Waals surface area contributed by atoms with Crippen molar-refractivity contribution in [1.82, 2.24) is 0 Å². The minimum atomic E-state index is -0.00806. The number of nitrogens with one attached hydrogen (secondary N) is 1. The summed E-state index contributed by atoms with van der Waals surface area (Å²) < 4.78 is 5.36. The van der Waals surface area contributed by atoms with Crippen molar-refractivity contribution in [2.75, 3.05) is 12.4 Å². The third-order valence-electron chi connectivity index (χ3n) is 3.38. The second-order valence-electron chi connectivity index (χ2n) is 5.13. The highest BCUT2D eigenvalue weighted by Crippen LogP contribution is 2.32. The van der Waals surface area contributed by atoms with Gasteiger partial charge < -0.3 is 15.2 Å². The van der Waals surface area contributed by atoms with Crippen LogP contribution in [-0.2, 0) is 0 Å². The summed E-state index contributed by atoms with van der Waals surface area (Å²) in [6, 6.07) is 11.7. The van der Waals surface area contributed by atoms with Gasteiger partial charge in [0.25, 0.3) is 0 Å². The van der Waals surface area contributed by atoms with Gasteiger partial charge in [0.05, 0.1) is 18.8 Å². The molecule has 106 valence electrons. The van der Waals surface area contributed by atoms with E-state index in [-0.39, 0.29) is 6.04 Å². The van der Waals surface area contributed by atoms with Gasteiger partial charge >= 0.3 is 0 Å². The van der Waals surface area contributed by atoms with Gasteiger partial charge in [-0.2, -0.15) is 0 Å². The highest BCUT2D eigenvalue weighted by Gasteiger charge is 2.12. The molecule has 2 rings (SSSR count). The van der Waals surface area contributed by atoms with Gasteiger partial charge in [-0.3, -0.25) is 0 Å². The zero-order valence-electron chi connectivity index (χ0n) is 12.4. The summed E-state index contributed by atoms with van der Waals surface area (Å²) in [4.78, 5) is 0. The molecule has 2 aromatic carbocycles. The van der Waals surface area contributed by atoms with Crippen molar-refractivity contribution in [2.45, 2.75) is 26.8 Å². The van der Waals surface area contributed by atoms with Crippen molar-refractivity contribution < 1.29 is 9.84 Å². The first-order valence-electron chi connectivity index (χ1n) is 6.72. The van der Waals surface area contributed by atoms with Gasteiger partial charge in [0.1, 0.15) is 11.5 Å². The van der Waals surface area contributed by atoms with Gasteiger partial charge in [0, 0.05) is 5.56 Å². The van der Waals surface area contributed by atoms with Crippen LogP contribution in [0.2, 0.25) is 0 Å². The number of hydrogen-bond acceptors (Lipinski definition) is 3. The lowest BCUT2D eigenvalue weighted by atomic mass is 10.0. The van der Waals surface area contributed by atoms with Crippen LogP contribution in [0, 0.1) is 13.8 Å². The van der Waals surface area contributed by atoms with E-state index in [0.717, 1.165) is 28.1 Å². The fourth-order valence-electron chi connectivity index (χ4n) is 2.27. The summed E-state index contributed by atoms with van der Waals surface area (Å²) in [5.74, 6) is 1.12. The first kappa shape index (κ1) is 14.3. The van der Waals surface area contributed by atoms with Crippen molar-refractivity contribution in [3.8, 4) is 11.5 Å². The number of methoxy groups -OCH3 is 1. The normalized spacial score (nSPS) is 12.0. The third kappa shape index (κ3) is 3.05. The van der Waals surface area contributed by atoms with Gasteiger partial charge in [-0.05, 0) is 50.1 Å². The molecule has 3 heteroatoms. The van der Waals surface area contributed by atoms with E-state index in [9.17, 15) is 5.11 Å². The number of hydrogen-bond donors (Lipinski definition) is 2. The van der Waals surface area contributed by atoms with Gasteiger partial charge in [-0.15, -0.1) is 0 Å². The summed E-state index contributed by atoms with van der Waals surface area (Å²) in [6.45, 7) is 6.02. The third-order valence-corrected chi connectivity index (χ3v) is 3.38. The number of phenols is 1. The molecule has 0 saturated carbocycles. The second kappa shape index (κ2) is 5.87. The van der Waals surface area contributed by atoms with E-state index < -0.39 is 0 Å². The van der Waals surface area contributed by atoms with Crippen LogP contribution in [0.5, 0.6) is 11.5 Å². The fraction of sp³-hybridized carbons (Fsp3) is 0.294. The van der Waals surface area contributed by atoms with Crippen molar-refractivity contribution in [3.63, 3.8) is 0 Å². The molecule has 0 radical (unpaired) electrons. The predicted octanol–water partition coefficient (Wildman–Crippen LogP) is 4.19. The zero-order valence-corrected chi connectivity index (χ0v) is 12.4. The minimum Gasteiger partial charge on any atom is -0.508 e. The molecule has 0 aliphatic carbocycles. The Hall–Kier alpha value is -2.16. The molecular weight excluding hydrogens is 250 g/mol. The van der Waals surface area contributed by atoms with Crippen molar-refractivity contribution >= 4 is 5.69 Å². The van der Waals surface area contributed by atoms with E-state index in [4.69, 9.17) is 4.74 Å². The molecule has 3 nitrogen and oxygen atoms in total. The molecule has 20 heavy (non-hydrogen) atoms. The van der Waals surface area contributed by atoms with E-state index >= 15 is 0 Å². The fourth-order valence-corrected chi connectivity index (χ4v) is 2.27. The number of benzene rings is 2. The van der Waals surface area contributed by atoms with Crippen LogP contribution in [0.3, 0.4) is 0 Å². The second-order valence-corrected chi connectivity index (χ2v) is 5.13. The van der Waals surface area contributed by atoms with Crippen LogP contribution in [0.4, 0.5) is 5.69 Å². The Labute approximate surface area is 120 Å². The van der Waals surface area contributed by atoms with Crippen LogP contribution in [0.15, 0.2) is 36.4 Å². The molecule has 0 bridgehead atoms. The van der Waals surface area contributed by atoms with Crippen molar-refractivity contribution in [1.29, 1.82) is 0 Å². The average molecular weight is 271 g/mol. The van der Waals surface area contributed by atoms with E-state index in [1.54, 1.807) is 13.2 Å². The maximum Gasteiger partial charge on any atom is 0.141 e. The smallest absolute Gasteiger partial charge is 0.141 e. The number of phenolic OH excluding ortho intramolecular Hbond substituents is 1. The van der Waals surface area contributed by atoms with Crippen LogP contribution in [0.1, 0.15) is 29.7 Å². The lowest BCUT2D eigenvalue weighted by Gasteiger charge is -2.19. The first-order valence-corrected chi connectivity index (χ1v) is 6.72. The molecule has 0 amide bonds. The highest BCUT2D eigenvalue weighted by molar-refractivity contribution is 5.59. The number of rotatable bonds is 4. The predicted molar refractivity (Wildman–Crippen MR) is 82.6 cm³/mol. The number of aromatic hydroxyl groups is 1. The average Bonchev–Trinajstić information content (AvgIpc) is 2.38. The Kier molecular flexibility index (Phi) is 4.18. The van der Waals surface area contributed by atoms with E-state index in [0.29, 0.717) is 5.75 Å². The molecule has 0 aliphatic rings. The molecule has 0 aliphatic heterocycles. The van der Waals surface area contributed by atoms with Gasteiger partial charge in [0.2, 0.25) is 0 Å². The quantitative estimate of drug-likeness (QED) is 0.876. The SMILES string of the molecule is COc1ccc(C)cc1NC(C)c1ccc(C)cc1O. The molecule has 0 fully saturated rings. The van der Waals surface area contributed by atoms with Crippen LogP contribution >= 0.6 is 0 Å². The van der Waals surface area contributed by atoms with E-state index in [1.807, 2.05) is 51.1 Å². The Bertz CT molecular complexity index is 608. The Morgan fingerprint density at radius 2 is 1.70 bits per heavy atom. The van der Waals surface area contributed by atoms with E-state index in [1.165, 1.54) is 0 Å². The molecular formula is C17H21NO2. The molecule has 1 unspecified atom stereocenters. The molecule has 1 atom stereocenters. The van der Waals surface area contributed by atoms with Crippen LogP contribution in [-0.4, -0.2) is 12.2 Å². The molecule has 2 aromatic rings. The van der Waals surface area contributed by atoms with Crippen LogP contribution < -0.4 is 10.1 Å². The molecule has 2 N–H and O–H groups in total. The lowest BCUT2D eigenvalue weighted by molar-refractivity contribution is 0.415. The van der Waals surface area contributed by atoms with Crippen LogP contribution in [0.25, 0.3) is 0 Å². The molecule has 0 heterocycles. The monoisotopic (exact) mass is 271 g/mol. The van der Waals surface area contributed by atoms with Gasteiger partial charge in [-0.25, -0.2) is 0 Å². The summed E-state index contributed by atoms with van der Waals surface area (Å²) in [6.07, 6.45) is 0. The summed E-state index contributed by atoms with van der Waals surface area (Å²) >= 11 is 0. The Balaban J connectivity index is 2.27. The minimum absolute atomic E-state index is 0.00806. The van der Waals surface area contributed by atoms with Crippen molar-refractivity contribution in [3.05, 3.63) is 53.1 Å². The standard InChI is InChI=1S/C17H21NO2/c1-11-6-8-17(20-4)15(9-11)18-13(3)14-7-5-12(2)10-16(14)19/h5-10,13,18-19H,1-4H3. The summed E-state index contributed by atoms with van der Waals surface area (Å²) in [5.41, 5.74) is 4.01. The Morgan fingerprint density at radius 3 is 2.35 bits per heavy atom. The topological polar surface area (TPSA) is 41.5 Å².